The lowest BCUT2D eigenvalue weighted by Gasteiger charge is -2.10. The molecule has 0 aliphatic rings. The van der Waals surface area contributed by atoms with Gasteiger partial charge in [0, 0.05) is 11.1 Å². The fourth-order valence-corrected chi connectivity index (χ4v) is 3.12. The van der Waals surface area contributed by atoms with Gasteiger partial charge >= 0.3 is 5.97 Å². The summed E-state index contributed by atoms with van der Waals surface area (Å²) in [7, 11) is 0. The topological polar surface area (TPSA) is 97.1 Å². The molecule has 2 aromatic carbocycles. The van der Waals surface area contributed by atoms with Gasteiger partial charge in [0.05, 0.1) is 28.5 Å². The Bertz CT molecular complexity index is 1260. The van der Waals surface area contributed by atoms with E-state index in [0.717, 1.165) is 16.5 Å². The van der Waals surface area contributed by atoms with Crippen LogP contribution in [0.15, 0.2) is 60.8 Å². The molecule has 29 heavy (non-hydrogen) atoms. The van der Waals surface area contributed by atoms with Gasteiger partial charge in [0.25, 0.3) is 5.91 Å². The number of amides is 1. The molecule has 0 saturated carbocycles. The van der Waals surface area contributed by atoms with Crippen molar-refractivity contribution in [2.45, 2.75) is 13.8 Å². The number of aromatic carboxylic acids is 1. The number of aromatic nitrogens is 3. The van der Waals surface area contributed by atoms with Crippen molar-refractivity contribution < 1.29 is 14.7 Å². The van der Waals surface area contributed by atoms with Crippen molar-refractivity contribution >= 4 is 28.5 Å². The Morgan fingerprint density at radius 2 is 1.83 bits per heavy atom. The fraction of sp³-hybridized carbons (Fsp3) is 0.0909. The Balaban J connectivity index is 1.65. The predicted molar refractivity (Wildman–Crippen MR) is 110 cm³/mol. The van der Waals surface area contributed by atoms with Crippen molar-refractivity contribution in [2.24, 2.45) is 0 Å². The molecule has 0 aliphatic carbocycles. The second kappa shape index (κ2) is 7.20. The third kappa shape index (κ3) is 3.45. The molecule has 0 radical (unpaired) electrons. The van der Waals surface area contributed by atoms with E-state index in [1.165, 1.54) is 18.3 Å². The van der Waals surface area contributed by atoms with Gasteiger partial charge in [-0.1, -0.05) is 24.3 Å². The van der Waals surface area contributed by atoms with E-state index in [1.54, 1.807) is 24.6 Å². The number of fused-ring (bicyclic) bond motifs is 1. The Morgan fingerprint density at radius 1 is 1.03 bits per heavy atom. The molecule has 0 fully saturated rings. The number of carboxylic acids is 1. The summed E-state index contributed by atoms with van der Waals surface area (Å²) in [5, 5.41) is 17.3. The molecule has 4 rings (SSSR count). The summed E-state index contributed by atoms with van der Waals surface area (Å²) >= 11 is 0. The Labute approximate surface area is 166 Å². The molecule has 0 aliphatic heterocycles. The van der Waals surface area contributed by atoms with Gasteiger partial charge in [-0.05, 0) is 49.7 Å². The van der Waals surface area contributed by atoms with Gasteiger partial charge in [-0.2, -0.15) is 5.10 Å². The molecule has 7 heteroatoms. The van der Waals surface area contributed by atoms with Crippen LogP contribution < -0.4 is 5.32 Å². The molecule has 2 heterocycles. The second-order valence-electron chi connectivity index (χ2n) is 6.71. The van der Waals surface area contributed by atoms with Crippen molar-refractivity contribution in [1.29, 1.82) is 0 Å². The first kappa shape index (κ1) is 18.4. The summed E-state index contributed by atoms with van der Waals surface area (Å²) < 4.78 is 1.61. The molecule has 4 aromatic rings. The third-order valence-corrected chi connectivity index (χ3v) is 4.79. The highest BCUT2D eigenvalue weighted by Crippen LogP contribution is 2.21. The number of hydrogen-bond donors (Lipinski definition) is 2. The largest absolute Gasteiger partial charge is 0.478 e. The van der Waals surface area contributed by atoms with Gasteiger partial charge in [-0.25, -0.2) is 14.5 Å². The van der Waals surface area contributed by atoms with Crippen molar-refractivity contribution in [1.82, 2.24) is 14.8 Å². The van der Waals surface area contributed by atoms with Gasteiger partial charge in [-0.15, -0.1) is 0 Å². The van der Waals surface area contributed by atoms with E-state index >= 15 is 0 Å². The van der Waals surface area contributed by atoms with Crippen LogP contribution in [0.3, 0.4) is 0 Å². The minimum Gasteiger partial charge on any atom is -0.478 e. The van der Waals surface area contributed by atoms with Crippen molar-refractivity contribution in [3.05, 3.63) is 83.2 Å². The average Bonchev–Trinajstić information content (AvgIpc) is 3.10. The molecule has 0 unspecified atom stereocenters. The lowest BCUT2D eigenvalue weighted by Crippen LogP contribution is -2.14. The van der Waals surface area contributed by atoms with Crippen LogP contribution >= 0.6 is 0 Å². The number of pyridine rings is 1. The van der Waals surface area contributed by atoms with Gasteiger partial charge in [-0.3, -0.25) is 4.79 Å². The Morgan fingerprint density at radius 3 is 2.62 bits per heavy atom. The smallest absolute Gasteiger partial charge is 0.335 e. The SMILES string of the molecule is Cc1ccc(C(=O)O)cc1NC(=O)c1cnn(-c2ccc3ccccc3n2)c1C. The summed E-state index contributed by atoms with van der Waals surface area (Å²) in [6.45, 7) is 3.59. The summed E-state index contributed by atoms with van der Waals surface area (Å²) in [5.41, 5.74) is 3.19. The van der Waals surface area contributed by atoms with Crippen LogP contribution in [0.25, 0.3) is 16.7 Å². The van der Waals surface area contributed by atoms with Gasteiger partial charge < -0.3 is 10.4 Å². The van der Waals surface area contributed by atoms with Crippen LogP contribution in [0.1, 0.15) is 32.0 Å². The first-order chi connectivity index (χ1) is 13.9. The van der Waals surface area contributed by atoms with Crippen molar-refractivity contribution in [3.63, 3.8) is 0 Å². The van der Waals surface area contributed by atoms with Gasteiger partial charge in [0.15, 0.2) is 5.82 Å². The number of nitrogens with one attached hydrogen (secondary N) is 1. The molecule has 2 N–H and O–H groups in total. The predicted octanol–water partition coefficient (Wildman–Crippen LogP) is 3.99. The molecule has 0 atom stereocenters. The number of carboxylic acid groups (broad SMARTS) is 1. The summed E-state index contributed by atoms with van der Waals surface area (Å²) in [6, 6.07) is 16.2. The lowest BCUT2D eigenvalue weighted by atomic mass is 10.1. The molecule has 0 saturated heterocycles. The Kier molecular flexibility index (Phi) is 4.56. The summed E-state index contributed by atoms with van der Waals surface area (Å²) in [6.07, 6.45) is 1.48. The number of benzene rings is 2. The molecular weight excluding hydrogens is 368 g/mol. The number of aryl methyl sites for hydroxylation is 1. The first-order valence-corrected chi connectivity index (χ1v) is 9.00. The number of para-hydroxylation sites is 1. The van der Waals surface area contributed by atoms with Crippen molar-refractivity contribution in [3.8, 4) is 5.82 Å². The zero-order chi connectivity index (χ0) is 20.5. The zero-order valence-corrected chi connectivity index (χ0v) is 15.9. The van der Waals surface area contributed by atoms with E-state index in [2.05, 4.69) is 15.4 Å². The summed E-state index contributed by atoms with van der Waals surface area (Å²) in [4.78, 5) is 28.6. The van der Waals surface area contributed by atoms with E-state index in [9.17, 15) is 9.59 Å². The van der Waals surface area contributed by atoms with Crippen LogP contribution in [0.2, 0.25) is 0 Å². The Hall–Kier alpha value is -4.00. The first-order valence-electron chi connectivity index (χ1n) is 9.00. The van der Waals surface area contributed by atoms with Crippen LogP contribution in [-0.2, 0) is 0 Å². The number of carbonyl (C=O) groups is 2. The highest BCUT2D eigenvalue weighted by atomic mass is 16.4. The van der Waals surface area contributed by atoms with E-state index < -0.39 is 5.97 Å². The van der Waals surface area contributed by atoms with E-state index in [1.807, 2.05) is 36.4 Å². The zero-order valence-electron chi connectivity index (χ0n) is 15.9. The molecule has 144 valence electrons. The molecule has 0 spiro atoms. The number of rotatable bonds is 4. The van der Waals surface area contributed by atoms with E-state index in [-0.39, 0.29) is 11.5 Å². The standard InChI is InChI=1S/C22H18N4O3/c1-13-7-8-16(22(28)29)11-19(13)25-21(27)17-12-23-26(14(17)2)20-10-9-15-5-3-4-6-18(15)24-20/h3-12H,1-2H3,(H,25,27)(H,28,29). The normalized spacial score (nSPS) is 10.8. The summed E-state index contributed by atoms with van der Waals surface area (Å²) in [5.74, 6) is -0.795. The average molecular weight is 386 g/mol. The van der Waals surface area contributed by atoms with Gasteiger partial charge in [0.1, 0.15) is 0 Å². The monoisotopic (exact) mass is 386 g/mol. The molecule has 2 aromatic heterocycles. The molecule has 7 nitrogen and oxygen atoms in total. The maximum atomic E-state index is 12.8. The quantitative estimate of drug-likeness (QED) is 0.553. The number of nitrogens with zero attached hydrogens (tertiary/aromatic N) is 3. The van der Waals surface area contributed by atoms with Gasteiger partial charge in [0.2, 0.25) is 0 Å². The maximum Gasteiger partial charge on any atom is 0.335 e. The molecule has 0 bridgehead atoms. The van der Waals surface area contributed by atoms with Crippen LogP contribution in [0, 0.1) is 13.8 Å². The van der Waals surface area contributed by atoms with E-state index in [0.29, 0.717) is 22.8 Å². The van der Waals surface area contributed by atoms with Crippen LogP contribution in [0.4, 0.5) is 5.69 Å². The highest BCUT2D eigenvalue weighted by Gasteiger charge is 2.17. The maximum absolute atomic E-state index is 12.8. The van der Waals surface area contributed by atoms with Crippen molar-refractivity contribution in [2.75, 3.05) is 5.32 Å². The minimum absolute atomic E-state index is 0.110. The second-order valence-corrected chi connectivity index (χ2v) is 6.71. The minimum atomic E-state index is -1.05. The molecular formula is C22H18N4O3. The highest BCUT2D eigenvalue weighted by molar-refractivity contribution is 6.06. The fourth-order valence-electron chi connectivity index (χ4n) is 3.12. The molecule has 1 amide bonds. The van der Waals surface area contributed by atoms with E-state index in [4.69, 9.17) is 5.11 Å². The number of carbonyl (C=O) groups excluding carboxylic acids is 1. The third-order valence-electron chi connectivity index (χ3n) is 4.79. The number of anilines is 1. The number of hydrogen-bond acceptors (Lipinski definition) is 4. The van der Waals surface area contributed by atoms with Crippen LogP contribution in [-0.4, -0.2) is 31.7 Å². The van der Waals surface area contributed by atoms with Crippen LogP contribution in [0.5, 0.6) is 0 Å². The lowest BCUT2D eigenvalue weighted by molar-refractivity contribution is 0.0696.